The number of hydrogen-bond acceptors (Lipinski definition) is 7. The number of benzene rings is 2. The van der Waals surface area contributed by atoms with Gasteiger partial charge in [-0.15, -0.1) is 0 Å². The standard InChI is InChI=1S/C30H39FN4O6/c1-17-15-32-25(19-8-9-19)30(40)35(3)18(2)28(38)34-26(27(37)20-10-12-22(31)13-11-20)29(39)33-16-23(36)14-21-6-4-5-7-24(21)41-17/h4-7,10-13,17-19,23,25-27,32,36-37H,8-9,14-16H2,1-3H3,(H,33,39)(H,34,38)/t17-,18-,23?,25+,26-,27?/m1/s1. The number of likely N-dealkylation sites (N-methyl/N-ethyl adjacent to an activating group) is 1. The molecule has 0 spiro atoms. The third-order valence-corrected chi connectivity index (χ3v) is 7.67. The van der Waals surface area contributed by atoms with Crippen LogP contribution in [0.25, 0.3) is 0 Å². The molecule has 0 aromatic heterocycles. The summed E-state index contributed by atoms with van der Waals surface area (Å²) < 4.78 is 19.7. The van der Waals surface area contributed by atoms with Crippen LogP contribution in [-0.4, -0.2) is 83.3 Å². The number of fused-ring (bicyclic) bond motifs is 1. The second-order valence-corrected chi connectivity index (χ2v) is 11.0. The molecule has 10 nitrogen and oxygen atoms in total. The molecule has 4 rings (SSSR count). The molecule has 3 amide bonds. The number of aliphatic hydroxyl groups excluding tert-OH is 2. The Morgan fingerprint density at radius 1 is 1.00 bits per heavy atom. The minimum atomic E-state index is -1.52. The zero-order chi connectivity index (χ0) is 29.7. The molecule has 5 N–H and O–H groups in total. The Morgan fingerprint density at radius 2 is 1.68 bits per heavy atom. The average molecular weight is 571 g/mol. The molecule has 1 aliphatic heterocycles. The largest absolute Gasteiger partial charge is 0.489 e. The normalized spacial score (nSPS) is 27.9. The Morgan fingerprint density at radius 3 is 2.37 bits per heavy atom. The van der Waals surface area contributed by atoms with Crippen LogP contribution in [0, 0.1) is 11.7 Å². The van der Waals surface area contributed by atoms with Gasteiger partial charge in [-0.05, 0) is 61.9 Å². The highest BCUT2D eigenvalue weighted by Crippen LogP contribution is 2.34. The fourth-order valence-corrected chi connectivity index (χ4v) is 4.88. The van der Waals surface area contributed by atoms with Crippen molar-refractivity contribution in [3.05, 3.63) is 65.5 Å². The van der Waals surface area contributed by atoms with Crippen LogP contribution in [0.1, 0.15) is 43.9 Å². The van der Waals surface area contributed by atoms with E-state index in [0.717, 1.165) is 30.5 Å². The number of aliphatic hydroxyl groups is 2. The smallest absolute Gasteiger partial charge is 0.245 e. The molecule has 222 valence electrons. The summed E-state index contributed by atoms with van der Waals surface area (Å²) in [7, 11) is 1.53. The summed E-state index contributed by atoms with van der Waals surface area (Å²) in [4.78, 5) is 41.4. The van der Waals surface area contributed by atoms with Crippen molar-refractivity contribution in [3.8, 4) is 5.75 Å². The number of amides is 3. The SMILES string of the molecule is C[C@@H]1CN[C@@H](C2CC2)C(=O)N(C)[C@H](C)C(=O)N[C@H](C(O)c2ccc(F)cc2)C(=O)NCC(O)Cc2ccccc2O1. The van der Waals surface area contributed by atoms with Gasteiger partial charge in [0.1, 0.15) is 35.9 Å². The van der Waals surface area contributed by atoms with E-state index >= 15 is 0 Å². The first-order valence-corrected chi connectivity index (χ1v) is 14.0. The summed E-state index contributed by atoms with van der Waals surface area (Å²) in [6, 6.07) is 9.26. The van der Waals surface area contributed by atoms with Gasteiger partial charge >= 0.3 is 0 Å². The number of nitrogens with one attached hydrogen (secondary N) is 3. The van der Waals surface area contributed by atoms with Crippen LogP contribution < -0.4 is 20.7 Å². The van der Waals surface area contributed by atoms with Crippen molar-refractivity contribution in [2.75, 3.05) is 20.1 Å². The summed E-state index contributed by atoms with van der Waals surface area (Å²) in [5.74, 6) is -1.44. The zero-order valence-electron chi connectivity index (χ0n) is 23.5. The van der Waals surface area contributed by atoms with E-state index in [1.807, 2.05) is 25.1 Å². The van der Waals surface area contributed by atoms with Crippen LogP contribution in [0.4, 0.5) is 4.39 Å². The van der Waals surface area contributed by atoms with E-state index in [0.29, 0.717) is 12.3 Å². The van der Waals surface area contributed by atoms with Gasteiger partial charge in [-0.3, -0.25) is 14.4 Å². The maximum Gasteiger partial charge on any atom is 0.245 e. The minimum absolute atomic E-state index is 0.138. The van der Waals surface area contributed by atoms with E-state index in [1.54, 1.807) is 13.0 Å². The van der Waals surface area contributed by atoms with Gasteiger partial charge in [0.2, 0.25) is 17.7 Å². The molecule has 11 heteroatoms. The molecule has 2 aromatic rings. The third-order valence-electron chi connectivity index (χ3n) is 7.67. The highest BCUT2D eigenvalue weighted by atomic mass is 19.1. The number of ether oxygens (including phenoxy) is 1. The van der Waals surface area contributed by atoms with Crippen LogP contribution in [-0.2, 0) is 20.8 Å². The predicted octanol–water partition coefficient (Wildman–Crippen LogP) is 1.06. The first kappa shape index (κ1) is 30.4. The van der Waals surface area contributed by atoms with Crippen LogP contribution in [0.3, 0.4) is 0 Å². The number of carbonyl (C=O) groups is 3. The monoisotopic (exact) mass is 570 g/mol. The van der Waals surface area contributed by atoms with Gasteiger partial charge < -0.3 is 35.8 Å². The summed E-state index contributed by atoms with van der Waals surface area (Å²) in [5.41, 5.74) is 0.951. The Kier molecular flexibility index (Phi) is 9.95. The Bertz CT molecular complexity index is 1220. The van der Waals surface area contributed by atoms with Crippen molar-refractivity contribution >= 4 is 17.7 Å². The van der Waals surface area contributed by atoms with Crippen LogP contribution in [0.5, 0.6) is 5.75 Å². The number of hydrogen-bond donors (Lipinski definition) is 5. The fraction of sp³-hybridized carbons (Fsp3) is 0.500. The predicted molar refractivity (Wildman–Crippen MR) is 149 cm³/mol. The van der Waals surface area contributed by atoms with E-state index in [4.69, 9.17) is 4.74 Å². The lowest BCUT2D eigenvalue weighted by Gasteiger charge is -2.32. The molecule has 1 heterocycles. The Balaban J connectivity index is 1.62. The lowest BCUT2D eigenvalue weighted by molar-refractivity contribution is -0.142. The van der Waals surface area contributed by atoms with Crippen LogP contribution in [0.2, 0.25) is 0 Å². The van der Waals surface area contributed by atoms with Gasteiger partial charge in [-0.2, -0.15) is 0 Å². The van der Waals surface area contributed by atoms with Crippen LogP contribution >= 0.6 is 0 Å². The number of nitrogens with zero attached hydrogens (tertiary/aromatic N) is 1. The van der Waals surface area contributed by atoms with Gasteiger partial charge in [-0.1, -0.05) is 30.3 Å². The van der Waals surface area contributed by atoms with E-state index in [2.05, 4.69) is 16.0 Å². The number of rotatable bonds is 3. The van der Waals surface area contributed by atoms with Gasteiger partial charge in [0, 0.05) is 26.6 Å². The molecule has 1 saturated carbocycles. The fourth-order valence-electron chi connectivity index (χ4n) is 4.88. The molecule has 1 fully saturated rings. The molecule has 1 aliphatic carbocycles. The molecule has 41 heavy (non-hydrogen) atoms. The molecule has 0 bridgehead atoms. The average Bonchev–Trinajstić information content (AvgIpc) is 3.79. The van der Waals surface area contributed by atoms with Crippen molar-refractivity contribution in [1.82, 2.24) is 20.9 Å². The second kappa shape index (κ2) is 13.4. The molecule has 2 aromatic carbocycles. The first-order valence-electron chi connectivity index (χ1n) is 14.0. The molecular formula is C30H39FN4O6. The van der Waals surface area contributed by atoms with Gasteiger partial charge in [0.25, 0.3) is 0 Å². The highest BCUT2D eigenvalue weighted by molar-refractivity contribution is 5.93. The summed E-state index contributed by atoms with van der Waals surface area (Å²) >= 11 is 0. The highest BCUT2D eigenvalue weighted by Gasteiger charge is 2.40. The maximum atomic E-state index is 13.5. The summed E-state index contributed by atoms with van der Waals surface area (Å²) in [5, 5.41) is 30.3. The van der Waals surface area contributed by atoms with Gasteiger partial charge in [0.05, 0.1) is 12.1 Å². The van der Waals surface area contributed by atoms with E-state index in [9.17, 15) is 29.0 Å². The minimum Gasteiger partial charge on any atom is -0.489 e. The van der Waals surface area contributed by atoms with Crippen molar-refractivity contribution < 1.29 is 33.7 Å². The van der Waals surface area contributed by atoms with Crippen LogP contribution in [0.15, 0.2) is 48.5 Å². The van der Waals surface area contributed by atoms with Crippen molar-refractivity contribution in [2.45, 2.75) is 69.5 Å². The summed E-state index contributed by atoms with van der Waals surface area (Å²) in [6.07, 6.45) is -0.844. The van der Waals surface area contributed by atoms with Crippen molar-refractivity contribution in [1.29, 1.82) is 0 Å². The molecule has 2 unspecified atom stereocenters. The lowest BCUT2D eigenvalue weighted by Crippen LogP contribution is -2.58. The number of carbonyl (C=O) groups excluding carboxylic acids is 3. The van der Waals surface area contributed by atoms with E-state index in [1.165, 1.54) is 24.1 Å². The molecule has 0 radical (unpaired) electrons. The van der Waals surface area contributed by atoms with Crippen molar-refractivity contribution in [3.63, 3.8) is 0 Å². The summed E-state index contributed by atoms with van der Waals surface area (Å²) in [6.45, 7) is 3.66. The molecule has 2 aliphatic rings. The van der Waals surface area contributed by atoms with Gasteiger partial charge in [-0.25, -0.2) is 4.39 Å². The second-order valence-electron chi connectivity index (χ2n) is 11.0. The number of β-amino-alcohol motifs (C(OH)–C–C–N with tert-alkyl or cyclic N) is 1. The van der Waals surface area contributed by atoms with Gasteiger partial charge in [0.15, 0.2) is 0 Å². The quantitative estimate of drug-likeness (QED) is 0.372. The maximum absolute atomic E-state index is 13.5. The number of para-hydroxylation sites is 1. The van der Waals surface area contributed by atoms with Crippen molar-refractivity contribution in [2.24, 2.45) is 5.92 Å². The molecular weight excluding hydrogens is 531 g/mol. The lowest BCUT2D eigenvalue weighted by atomic mass is 10.0. The number of halogens is 1. The molecule has 0 saturated heterocycles. The van der Waals surface area contributed by atoms with E-state index < -0.39 is 48.0 Å². The van der Waals surface area contributed by atoms with E-state index in [-0.39, 0.29) is 36.5 Å². The topological polar surface area (TPSA) is 140 Å². The Labute approximate surface area is 239 Å². The molecule has 6 atom stereocenters. The third kappa shape index (κ3) is 7.81. The zero-order valence-corrected chi connectivity index (χ0v) is 23.5. The first-order chi connectivity index (χ1) is 19.5. The Hall–Kier alpha value is -3.54.